The van der Waals surface area contributed by atoms with Gasteiger partial charge in [0.05, 0.1) is 11.0 Å². The van der Waals surface area contributed by atoms with Crippen molar-refractivity contribution in [3.63, 3.8) is 0 Å². The molecule has 1 saturated carbocycles. The van der Waals surface area contributed by atoms with Crippen LogP contribution in [0.5, 0.6) is 0 Å². The van der Waals surface area contributed by atoms with Gasteiger partial charge in [0.25, 0.3) is 0 Å². The number of likely N-dealkylation sites (N-methyl/N-ethyl adjacent to an activating group) is 1. The number of likely N-dealkylation sites (tertiary alicyclic amines) is 1. The zero-order valence-electron chi connectivity index (χ0n) is 17.6. The van der Waals surface area contributed by atoms with Gasteiger partial charge >= 0.3 is 6.18 Å². The van der Waals surface area contributed by atoms with Gasteiger partial charge in [-0.2, -0.15) is 13.2 Å². The number of alkyl halides is 3. The van der Waals surface area contributed by atoms with Crippen LogP contribution in [0.3, 0.4) is 0 Å². The standard InChI is InChI=1S/C22H26F3N3O3/c1-14-13-27(9-8-26(14)2)18(29)11-21(12-19(30)28(20(21)31)17-6-7-17)15-4-3-5-16(10-15)22(23,24)25/h3-5,10,14,17H,6-9,11-13H2,1-2H3/t14-,21-/m1/s1. The number of imide groups is 1. The van der Waals surface area contributed by atoms with Gasteiger partial charge in [0, 0.05) is 44.6 Å². The van der Waals surface area contributed by atoms with E-state index >= 15 is 0 Å². The number of piperazine rings is 1. The van der Waals surface area contributed by atoms with Crippen LogP contribution >= 0.6 is 0 Å². The SMILES string of the molecule is C[C@@H]1CN(C(=O)C[C@]2(c3cccc(C(F)(F)F)c3)CC(=O)N(C3CC3)C2=O)CCN1C. The fourth-order valence-corrected chi connectivity index (χ4v) is 4.57. The summed E-state index contributed by atoms with van der Waals surface area (Å²) < 4.78 is 40.1. The Hall–Kier alpha value is -2.42. The molecule has 2 atom stereocenters. The summed E-state index contributed by atoms with van der Waals surface area (Å²) in [5.41, 5.74) is -2.40. The molecular weight excluding hydrogens is 411 g/mol. The van der Waals surface area contributed by atoms with Crippen LogP contribution in [0.1, 0.15) is 43.7 Å². The minimum Gasteiger partial charge on any atom is -0.340 e. The Bertz CT molecular complexity index is 915. The zero-order valence-corrected chi connectivity index (χ0v) is 17.6. The summed E-state index contributed by atoms with van der Waals surface area (Å²) in [6, 6.07) is 4.44. The first kappa shape index (κ1) is 21.8. The third-order valence-corrected chi connectivity index (χ3v) is 6.77. The summed E-state index contributed by atoms with van der Waals surface area (Å²) in [6.45, 7) is 3.61. The number of hydrogen-bond acceptors (Lipinski definition) is 4. The molecule has 3 aliphatic rings. The molecule has 0 aromatic heterocycles. The van der Waals surface area contributed by atoms with Gasteiger partial charge in [-0.05, 0) is 38.4 Å². The lowest BCUT2D eigenvalue weighted by atomic mass is 9.75. The number of carbonyl (C=O) groups excluding carboxylic acids is 3. The van der Waals surface area contributed by atoms with Crippen LogP contribution in [0.15, 0.2) is 24.3 Å². The second-order valence-electron chi connectivity index (χ2n) is 8.98. The van der Waals surface area contributed by atoms with Crippen molar-refractivity contribution in [3.8, 4) is 0 Å². The first-order valence-electron chi connectivity index (χ1n) is 10.6. The van der Waals surface area contributed by atoms with Gasteiger partial charge in [0.2, 0.25) is 17.7 Å². The van der Waals surface area contributed by atoms with E-state index in [4.69, 9.17) is 0 Å². The van der Waals surface area contributed by atoms with Gasteiger partial charge in [-0.15, -0.1) is 0 Å². The molecule has 2 saturated heterocycles. The van der Waals surface area contributed by atoms with E-state index in [1.807, 2.05) is 14.0 Å². The summed E-state index contributed by atoms with van der Waals surface area (Å²) in [5.74, 6) is -1.27. The highest BCUT2D eigenvalue weighted by atomic mass is 19.4. The third-order valence-electron chi connectivity index (χ3n) is 6.77. The van der Waals surface area contributed by atoms with Crippen molar-refractivity contribution in [1.29, 1.82) is 0 Å². The Morgan fingerprint density at radius 2 is 1.90 bits per heavy atom. The molecule has 168 valence electrons. The molecule has 1 aromatic rings. The van der Waals surface area contributed by atoms with Gasteiger partial charge in [-0.1, -0.05) is 18.2 Å². The van der Waals surface area contributed by atoms with Crippen LogP contribution < -0.4 is 0 Å². The molecule has 0 N–H and O–H groups in total. The van der Waals surface area contributed by atoms with Crippen molar-refractivity contribution in [1.82, 2.24) is 14.7 Å². The number of halogens is 3. The highest BCUT2D eigenvalue weighted by Gasteiger charge is 2.57. The van der Waals surface area contributed by atoms with Crippen LogP contribution in [0.4, 0.5) is 13.2 Å². The van der Waals surface area contributed by atoms with Gasteiger partial charge < -0.3 is 9.80 Å². The highest BCUT2D eigenvalue weighted by molar-refractivity contribution is 6.11. The molecular formula is C22H26F3N3O3. The Balaban J connectivity index is 1.70. The van der Waals surface area contributed by atoms with Crippen molar-refractivity contribution < 1.29 is 27.6 Å². The van der Waals surface area contributed by atoms with E-state index in [-0.39, 0.29) is 36.4 Å². The van der Waals surface area contributed by atoms with E-state index in [1.165, 1.54) is 17.0 Å². The summed E-state index contributed by atoms with van der Waals surface area (Å²) in [4.78, 5) is 44.4. The molecule has 9 heteroatoms. The molecule has 2 aliphatic heterocycles. The maximum absolute atomic E-state index is 13.5. The number of nitrogens with zero attached hydrogens (tertiary/aromatic N) is 3. The maximum Gasteiger partial charge on any atom is 0.416 e. The van der Waals surface area contributed by atoms with E-state index in [9.17, 15) is 27.6 Å². The molecule has 2 heterocycles. The van der Waals surface area contributed by atoms with Crippen LogP contribution in [0.2, 0.25) is 0 Å². The molecule has 6 nitrogen and oxygen atoms in total. The van der Waals surface area contributed by atoms with Crippen LogP contribution in [0, 0.1) is 0 Å². The summed E-state index contributed by atoms with van der Waals surface area (Å²) in [7, 11) is 1.96. The zero-order chi connectivity index (χ0) is 22.6. The minimum absolute atomic E-state index is 0.0827. The van der Waals surface area contributed by atoms with Crippen molar-refractivity contribution >= 4 is 17.7 Å². The second-order valence-corrected chi connectivity index (χ2v) is 8.98. The summed E-state index contributed by atoms with van der Waals surface area (Å²) in [5, 5.41) is 0. The molecule has 1 aliphatic carbocycles. The molecule has 0 unspecified atom stereocenters. The quantitative estimate of drug-likeness (QED) is 0.679. The van der Waals surface area contributed by atoms with Crippen LogP contribution in [-0.2, 0) is 26.0 Å². The van der Waals surface area contributed by atoms with Crippen molar-refractivity contribution in [2.45, 2.75) is 56.3 Å². The van der Waals surface area contributed by atoms with Crippen LogP contribution in [-0.4, -0.2) is 71.2 Å². The fourth-order valence-electron chi connectivity index (χ4n) is 4.57. The molecule has 0 radical (unpaired) electrons. The highest BCUT2D eigenvalue weighted by Crippen LogP contribution is 2.45. The van der Waals surface area contributed by atoms with Crippen molar-refractivity contribution in [2.24, 2.45) is 0 Å². The Morgan fingerprint density at radius 3 is 2.52 bits per heavy atom. The Kier molecular flexibility index (Phi) is 5.36. The van der Waals surface area contributed by atoms with E-state index in [0.29, 0.717) is 32.5 Å². The van der Waals surface area contributed by atoms with Crippen molar-refractivity contribution in [3.05, 3.63) is 35.4 Å². The number of carbonyl (C=O) groups is 3. The van der Waals surface area contributed by atoms with Crippen molar-refractivity contribution in [2.75, 3.05) is 26.7 Å². The van der Waals surface area contributed by atoms with Gasteiger partial charge in [-0.25, -0.2) is 0 Å². The lowest BCUT2D eigenvalue weighted by molar-refractivity contribution is -0.144. The monoisotopic (exact) mass is 437 g/mol. The average molecular weight is 437 g/mol. The number of amides is 3. The lowest BCUT2D eigenvalue weighted by Gasteiger charge is -2.39. The number of rotatable bonds is 4. The van der Waals surface area contributed by atoms with E-state index < -0.39 is 29.0 Å². The lowest BCUT2D eigenvalue weighted by Crippen LogP contribution is -2.53. The third kappa shape index (κ3) is 3.95. The molecule has 3 amide bonds. The topological polar surface area (TPSA) is 60.9 Å². The molecule has 3 fully saturated rings. The number of benzene rings is 1. The molecule has 4 rings (SSSR count). The molecule has 0 bridgehead atoms. The summed E-state index contributed by atoms with van der Waals surface area (Å²) in [6.07, 6.45) is -3.78. The molecule has 0 spiro atoms. The first-order valence-corrected chi connectivity index (χ1v) is 10.6. The predicted molar refractivity (Wildman–Crippen MR) is 106 cm³/mol. The predicted octanol–water partition coefficient (Wildman–Crippen LogP) is 2.42. The van der Waals surface area contributed by atoms with E-state index in [1.54, 1.807) is 4.90 Å². The minimum atomic E-state index is -4.59. The second kappa shape index (κ2) is 7.62. The van der Waals surface area contributed by atoms with Gasteiger partial charge in [0.15, 0.2) is 0 Å². The summed E-state index contributed by atoms with van der Waals surface area (Å²) >= 11 is 0. The maximum atomic E-state index is 13.5. The number of hydrogen-bond donors (Lipinski definition) is 0. The fraction of sp³-hybridized carbons (Fsp3) is 0.591. The van der Waals surface area contributed by atoms with Gasteiger partial charge in [0.1, 0.15) is 0 Å². The Labute approximate surface area is 179 Å². The normalized spacial score (nSPS) is 27.8. The van der Waals surface area contributed by atoms with E-state index in [2.05, 4.69) is 4.90 Å². The molecule has 31 heavy (non-hydrogen) atoms. The Morgan fingerprint density at radius 1 is 1.19 bits per heavy atom. The molecule has 1 aromatic carbocycles. The first-order chi connectivity index (χ1) is 14.5. The largest absolute Gasteiger partial charge is 0.416 e. The average Bonchev–Trinajstić information content (AvgIpc) is 3.50. The smallest absolute Gasteiger partial charge is 0.340 e. The van der Waals surface area contributed by atoms with Gasteiger partial charge in [-0.3, -0.25) is 19.3 Å². The van der Waals surface area contributed by atoms with Crippen LogP contribution in [0.25, 0.3) is 0 Å². The van der Waals surface area contributed by atoms with E-state index in [0.717, 1.165) is 12.1 Å².